The molecule has 1 aliphatic heterocycles. The highest BCUT2D eigenvalue weighted by Crippen LogP contribution is 2.21. The van der Waals surface area contributed by atoms with Crippen molar-refractivity contribution in [2.24, 2.45) is 0 Å². The Morgan fingerprint density at radius 3 is 2.52 bits per heavy atom. The Hall–Kier alpha value is -2.47. The van der Waals surface area contributed by atoms with Crippen molar-refractivity contribution in [1.82, 2.24) is 4.90 Å². The summed E-state index contributed by atoms with van der Waals surface area (Å²) in [4.78, 5) is 16.4. The summed E-state index contributed by atoms with van der Waals surface area (Å²) in [7, 11) is 0. The number of aryl methyl sites for hydroxylation is 1. The summed E-state index contributed by atoms with van der Waals surface area (Å²) < 4.78 is 26.7. The van der Waals surface area contributed by atoms with E-state index in [1.165, 1.54) is 11.3 Å². The Bertz CT molecular complexity index is 758. The van der Waals surface area contributed by atoms with E-state index < -0.39 is 11.6 Å². The molecule has 6 heteroatoms. The smallest absolute Gasteiger partial charge is 0.238 e. The molecular formula is C19H21F2N3O. The molecule has 25 heavy (non-hydrogen) atoms. The molecule has 0 atom stereocenters. The number of hydrogen-bond acceptors (Lipinski definition) is 3. The first-order valence-corrected chi connectivity index (χ1v) is 8.31. The first-order valence-electron chi connectivity index (χ1n) is 8.31. The molecule has 132 valence electrons. The summed E-state index contributed by atoms with van der Waals surface area (Å²) in [6.07, 6.45) is 0. The van der Waals surface area contributed by atoms with Gasteiger partial charge in [-0.05, 0) is 30.7 Å². The van der Waals surface area contributed by atoms with Crippen molar-refractivity contribution >= 4 is 17.3 Å². The third kappa shape index (κ3) is 4.33. The molecule has 3 rings (SSSR count). The third-order valence-corrected chi connectivity index (χ3v) is 4.40. The lowest BCUT2D eigenvalue weighted by molar-refractivity contribution is -0.117. The molecule has 0 bridgehead atoms. The molecule has 1 saturated heterocycles. The Kier molecular flexibility index (Phi) is 5.28. The largest absolute Gasteiger partial charge is 0.369 e. The van der Waals surface area contributed by atoms with Gasteiger partial charge in [0.25, 0.3) is 0 Å². The van der Waals surface area contributed by atoms with Crippen LogP contribution >= 0.6 is 0 Å². The average molecular weight is 345 g/mol. The summed E-state index contributed by atoms with van der Waals surface area (Å²) in [5, 5.41) is 2.44. The van der Waals surface area contributed by atoms with E-state index in [0.717, 1.165) is 44.4 Å². The molecule has 1 amide bonds. The van der Waals surface area contributed by atoms with Gasteiger partial charge >= 0.3 is 0 Å². The van der Waals surface area contributed by atoms with Crippen molar-refractivity contribution in [3.63, 3.8) is 0 Å². The molecule has 1 heterocycles. The lowest BCUT2D eigenvalue weighted by Gasteiger charge is -2.36. The summed E-state index contributed by atoms with van der Waals surface area (Å²) in [6, 6.07) is 11.2. The molecule has 0 aliphatic carbocycles. The number of benzene rings is 2. The second-order valence-electron chi connectivity index (χ2n) is 6.22. The SMILES string of the molecule is Cc1ccccc1N1CCN(CC(=O)Nc2cc(F)ccc2F)CC1. The van der Waals surface area contributed by atoms with Gasteiger partial charge in [-0.15, -0.1) is 0 Å². The Morgan fingerprint density at radius 2 is 1.80 bits per heavy atom. The van der Waals surface area contributed by atoms with Crippen molar-refractivity contribution in [3.05, 3.63) is 59.7 Å². The minimum absolute atomic E-state index is 0.122. The van der Waals surface area contributed by atoms with Crippen LogP contribution in [-0.4, -0.2) is 43.5 Å². The number of halogens is 2. The number of carbonyl (C=O) groups is 1. The van der Waals surface area contributed by atoms with Gasteiger partial charge in [-0.2, -0.15) is 0 Å². The third-order valence-electron chi connectivity index (χ3n) is 4.40. The monoisotopic (exact) mass is 345 g/mol. The summed E-state index contributed by atoms with van der Waals surface area (Å²) in [6.45, 7) is 5.39. The number of carbonyl (C=O) groups excluding carboxylic acids is 1. The summed E-state index contributed by atoms with van der Waals surface area (Å²) in [5.41, 5.74) is 2.33. The summed E-state index contributed by atoms with van der Waals surface area (Å²) in [5.74, 6) is -1.56. The molecule has 2 aromatic rings. The van der Waals surface area contributed by atoms with E-state index in [0.29, 0.717) is 0 Å². The van der Waals surface area contributed by atoms with Crippen LogP contribution in [-0.2, 0) is 4.79 Å². The van der Waals surface area contributed by atoms with Crippen LogP contribution in [0, 0.1) is 18.6 Å². The van der Waals surface area contributed by atoms with E-state index >= 15 is 0 Å². The molecule has 0 saturated carbocycles. The van der Waals surface area contributed by atoms with E-state index in [2.05, 4.69) is 29.3 Å². The normalized spacial score (nSPS) is 15.2. The number of para-hydroxylation sites is 1. The molecule has 4 nitrogen and oxygen atoms in total. The Balaban J connectivity index is 1.53. The van der Waals surface area contributed by atoms with Gasteiger partial charge in [-0.3, -0.25) is 9.69 Å². The van der Waals surface area contributed by atoms with Gasteiger partial charge in [0.15, 0.2) is 0 Å². The number of nitrogens with one attached hydrogen (secondary N) is 1. The minimum atomic E-state index is -0.640. The quantitative estimate of drug-likeness (QED) is 0.925. The lowest BCUT2D eigenvalue weighted by Crippen LogP contribution is -2.48. The molecular weight excluding hydrogens is 324 g/mol. The molecule has 1 aliphatic rings. The second-order valence-corrected chi connectivity index (χ2v) is 6.22. The van der Waals surface area contributed by atoms with Gasteiger partial charge < -0.3 is 10.2 Å². The van der Waals surface area contributed by atoms with Crippen LogP contribution in [0.25, 0.3) is 0 Å². The van der Waals surface area contributed by atoms with Gasteiger partial charge in [-0.25, -0.2) is 8.78 Å². The second kappa shape index (κ2) is 7.61. The van der Waals surface area contributed by atoms with E-state index in [1.807, 2.05) is 17.0 Å². The maximum atomic E-state index is 13.6. The fraction of sp³-hybridized carbons (Fsp3) is 0.316. The highest BCUT2D eigenvalue weighted by Gasteiger charge is 2.20. The van der Waals surface area contributed by atoms with Crippen LogP contribution < -0.4 is 10.2 Å². The maximum absolute atomic E-state index is 13.6. The van der Waals surface area contributed by atoms with Crippen molar-refractivity contribution in [1.29, 1.82) is 0 Å². The van der Waals surface area contributed by atoms with E-state index in [9.17, 15) is 13.6 Å². The molecule has 2 aromatic carbocycles. The van der Waals surface area contributed by atoms with Crippen molar-refractivity contribution in [2.75, 3.05) is 42.9 Å². The molecule has 0 radical (unpaired) electrons. The molecule has 0 aromatic heterocycles. The minimum Gasteiger partial charge on any atom is -0.369 e. The standard InChI is InChI=1S/C19H21F2N3O/c1-14-4-2-3-5-18(14)24-10-8-23(9-11-24)13-19(25)22-17-12-15(20)6-7-16(17)21/h2-7,12H,8-11,13H2,1H3,(H,22,25). The number of nitrogens with zero attached hydrogens (tertiary/aromatic N) is 2. The van der Waals surface area contributed by atoms with Gasteiger partial charge in [0.2, 0.25) is 5.91 Å². The van der Waals surface area contributed by atoms with Crippen molar-refractivity contribution < 1.29 is 13.6 Å². The number of anilines is 2. The fourth-order valence-electron chi connectivity index (χ4n) is 3.05. The van der Waals surface area contributed by atoms with Crippen LogP contribution in [0.4, 0.5) is 20.2 Å². The number of hydrogen-bond donors (Lipinski definition) is 1. The zero-order chi connectivity index (χ0) is 17.8. The summed E-state index contributed by atoms with van der Waals surface area (Å²) >= 11 is 0. The van der Waals surface area contributed by atoms with Gasteiger partial charge in [0.1, 0.15) is 11.6 Å². The topological polar surface area (TPSA) is 35.6 Å². The highest BCUT2D eigenvalue weighted by molar-refractivity contribution is 5.92. The van der Waals surface area contributed by atoms with Crippen molar-refractivity contribution in [2.45, 2.75) is 6.92 Å². The zero-order valence-electron chi connectivity index (χ0n) is 14.1. The Labute approximate surface area is 146 Å². The zero-order valence-corrected chi connectivity index (χ0v) is 14.1. The molecule has 0 unspecified atom stereocenters. The fourth-order valence-corrected chi connectivity index (χ4v) is 3.05. The van der Waals surface area contributed by atoms with Crippen LogP contribution in [0.5, 0.6) is 0 Å². The number of amides is 1. The van der Waals surface area contributed by atoms with Gasteiger partial charge in [-0.1, -0.05) is 18.2 Å². The van der Waals surface area contributed by atoms with Crippen molar-refractivity contribution in [3.8, 4) is 0 Å². The predicted molar refractivity (Wildman–Crippen MR) is 94.8 cm³/mol. The van der Waals surface area contributed by atoms with E-state index in [1.54, 1.807) is 0 Å². The molecule has 1 N–H and O–H groups in total. The van der Waals surface area contributed by atoms with E-state index in [-0.39, 0.29) is 18.1 Å². The number of piperazine rings is 1. The maximum Gasteiger partial charge on any atom is 0.238 e. The van der Waals surface area contributed by atoms with Gasteiger partial charge in [0, 0.05) is 37.9 Å². The van der Waals surface area contributed by atoms with Crippen LogP contribution in [0.1, 0.15) is 5.56 Å². The number of rotatable bonds is 4. The predicted octanol–water partition coefficient (Wildman–Crippen LogP) is 3.03. The average Bonchev–Trinajstić information content (AvgIpc) is 2.59. The van der Waals surface area contributed by atoms with E-state index in [4.69, 9.17) is 0 Å². The van der Waals surface area contributed by atoms with Gasteiger partial charge in [0.05, 0.1) is 12.2 Å². The van der Waals surface area contributed by atoms with Crippen LogP contribution in [0.15, 0.2) is 42.5 Å². The highest BCUT2D eigenvalue weighted by atomic mass is 19.1. The Morgan fingerprint density at radius 1 is 1.08 bits per heavy atom. The molecule has 0 spiro atoms. The van der Waals surface area contributed by atoms with Crippen LogP contribution in [0.2, 0.25) is 0 Å². The molecule has 1 fully saturated rings. The first kappa shape index (κ1) is 17.4. The first-order chi connectivity index (χ1) is 12.0. The lowest BCUT2D eigenvalue weighted by atomic mass is 10.1. The van der Waals surface area contributed by atoms with Crippen LogP contribution in [0.3, 0.4) is 0 Å².